The van der Waals surface area contributed by atoms with Crippen LogP contribution < -0.4 is 0 Å². The van der Waals surface area contributed by atoms with Gasteiger partial charge in [-0.1, -0.05) is 103 Å². The molecule has 8 rings (SSSR count). The van der Waals surface area contributed by atoms with E-state index in [0.717, 1.165) is 16.6 Å². The number of fused-ring (bicyclic) bond motifs is 7. The van der Waals surface area contributed by atoms with Gasteiger partial charge in [0.25, 0.3) is 0 Å². The Kier molecular flexibility index (Phi) is 3.97. The normalized spacial score (nSPS) is 11.9. The molecule has 1 N–H and O–H groups in total. The second-order valence-electron chi connectivity index (χ2n) is 9.38. The summed E-state index contributed by atoms with van der Waals surface area (Å²) < 4.78 is 6.19. The minimum atomic E-state index is 0.921. The summed E-state index contributed by atoms with van der Waals surface area (Å²) in [4.78, 5) is 3.68. The van der Waals surface area contributed by atoms with Crippen LogP contribution in [0.5, 0.6) is 0 Å². The zero-order valence-electron chi connectivity index (χ0n) is 19.5. The Hall–Kier alpha value is -4.82. The Labute approximate surface area is 207 Å². The Bertz CT molecular complexity index is 2110. The number of nitrogens with one attached hydrogen (secondary N) is 1. The van der Waals surface area contributed by atoms with Gasteiger partial charge >= 0.3 is 0 Å². The molecule has 0 saturated carbocycles. The molecule has 168 valence electrons. The lowest BCUT2D eigenvalue weighted by molar-refractivity contribution is 0.669. The van der Waals surface area contributed by atoms with Gasteiger partial charge in [-0.05, 0) is 45.7 Å². The maximum absolute atomic E-state index is 6.19. The van der Waals surface area contributed by atoms with Crippen LogP contribution in [0.25, 0.3) is 76.8 Å². The number of aromatic amines is 1. The van der Waals surface area contributed by atoms with E-state index >= 15 is 0 Å². The van der Waals surface area contributed by atoms with Crippen molar-refractivity contribution in [2.24, 2.45) is 0 Å². The standard InChI is InChI=1S/C34H21NO/c1-3-18-30-25(9-1)28-17-7-16-27(34(28)35-30)24-14-6-11-21-22(24)12-5-13-23(21)26-15-8-20-32-33(26)29-10-2-4-19-31(29)36-32/h1-20,35H. The van der Waals surface area contributed by atoms with E-state index in [9.17, 15) is 0 Å². The van der Waals surface area contributed by atoms with Crippen molar-refractivity contribution in [1.82, 2.24) is 4.98 Å². The molecule has 0 aliphatic heterocycles. The Morgan fingerprint density at radius 2 is 0.944 bits per heavy atom. The molecule has 0 aliphatic carbocycles. The maximum atomic E-state index is 6.19. The highest BCUT2D eigenvalue weighted by atomic mass is 16.3. The van der Waals surface area contributed by atoms with Crippen LogP contribution in [0.1, 0.15) is 0 Å². The summed E-state index contributed by atoms with van der Waals surface area (Å²) in [6.45, 7) is 0. The van der Waals surface area contributed by atoms with Crippen LogP contribution in [-0.2, 0) is 0 Å². The van der Waals surface area contributed by atoms with Crippen molar-refractivity contribution in [3.8, 4) is 22.3 Å². The lowest BCUT2D eigenvalue weighted by Crippen LogP contribution is -1.87. The molecule has 6 aromatic carbocycles. The fraction of sp³-hybridized carbons (Fsp3) is 0. The molecule has 2 heterocycles. The van der Waals surface area contributed by atoms with Gasteiger partial charge in [0.1, 0.15) is 11.2 Å². The van der Waals surface area contributed by atoms with E-state index < -0.39 is 0 Å². The molecule has 0 spiro atoms. The first-order chi connectivity index (χ1) is 17.9. The number of hydrogen-bond donors (Lipinski definition) is 1. The first-order valence-electron chi connectivity index (χ1n) is 12.3. The van der Waals surface area contributed by atoms with Gasteiger partial charge in [-0.3, -0.25) is 0 Å². The van der Waals surface area contributed by atoms with Crippen molar-refractivity contribution in [2.45, 2.75) is 0 Å². The molecule has 0 fully saturated rings. The zero-order valence-corrected chi connectivity index (χ0v) is 19.5. The van der Waals surface area contributed by atoms with E-state index in [2.05, 4.69) is 114 Å². The number of rotatable bonds is 2. The average Bonchev–Trinajstić information content (AvgIpc) is 3.51. The Morgan fingerprint density at radius 1 is 0.389 bits per heavy atom. The Morgan fingerprint density at radius 3 is 1.78 bits per heavy atom. The predicted octanol–water partition coefficient (Wildman–Crippen LogP) is 9.71. The van der Waals surface area contributed by atoms with Crippen LogP contribution in [-0.4, -0.2) is 4.98 Å². The number of para-hydroxylation sites is 3. The molecule has 2 aromatic heterocycles. The van der Waals surface area contributed by atoms with Gasteiger partial charge < -0.3 is 9.40 Å². The highest BCUT2D eigenvalue weighted by molar-refractivity contribution is 6.18. The predicted molar refractivity (Wildman–Crippen MR) is 151 cm³/mol. The summed E-state index contributed by atoms with van der Waals surface area (Å²) in [6, 6.07) is 43.1. The third-order valence-electron chi connectivity index (χ3n) is 7.45. The van der Waals surface area contributed by atoms with Crippen LogP contribution >= 0.6 is 0 Å². The Balaban J connectivity index is 1.43. The molecule has 0 bridgehead atoms. The van der Waals surface area contributed by atoms with Gasteiger partial charge in [0.2, 0.25) is 0 Å². The van der Waals surface area contributed by atoms with Gasteiger partial charge in [-0.2, -0.15) is 0 Å². The van der Waals surface area contributed by atoms with E-state index in [1.165, 1.54) is 60.2 Å². The van der Waals surface area contributed by atoms with E-state index in [1.54, 1.807) is 0 Å². The van der Waals surface area contributed by atoms with Crippen molar-refractivity contribution in [3.63, 3.8) is 0 Å². The first-order valence-corrected chi connectivity index (χ1v) is 12.3. The molecular weight excluding hydrogens is 438 g/mol. The molecule has 8 aromatic rings. The topological polar surface area (TPSA) is 28.9 Å². The van der Waals surface area contributed by atoms with Gasteiger partial charge in [-0.25, -0.2) is 0 Å². The van der Waals surface area contributed by atoms with Crippen molar-refractivity contribution in [2.75, 3.05) is 0 Å². The quantitative estimate of drug-likeness (QED) is 0.274. The fourth-order valence-electron chi connectivity index (χ4n) is 5.88. The molecule has 2 heteroatoms. The minimum Gasteiger partial charge on any atom is -0.456 e. The molecule has 2 nitrogen and oxygen atoms in total. The second kappa shape index (κ2) is 7.34. The molecule has 0 atom stereocenters. The number of furan rings is 1. The van der Waals surface area contributed by atoms with E-state index in [1.807, 2.05) is 12.1 Å². The SMILES string of the molecule is c1ccc2c(c1)[nH]c1c(-c3cccc4c(-c5cccc6oc7ccccc7c56)cccc34)cccc12. The third kappa shape index (κ3) is 2.67. The highest BCUT2D eigenvalue weighted by Gasteiger charge is 2.16. The fourth-order valence-corrected chi connectivity index (χ4v) is 5.88. The summed E-state index contributed by atoms with van der Waals surface area (Å²) in [5.74, 6) is 0. The largest absolute Gasteiger partial charge is 0.456 e. The number of H-pyrrole nitrogens is 1. The number of benzene rings is 6. The number of hydrogen-bond acceptors (Lipinski definition) is 1. The van der Waals surface area contributed by atoms with Gasteiger partial charge in [-0.15, -0.1) is 0 Å². The zero-order chi connectivity index (χ0) is 23.6. The van der Waals surface area contributed by atoms with Gasteiger partial charge in [0.05, 0.1) is 5.52 Å². The van der Waals surface area contributed by atoms with E-state index in [-0.39, 0.29) is 0 Å². The van der Waals surface area contributed by atoms with Crippen molar-refractivity contribution in [3.05, 3.63) is 121 Å². The monoisotopic (exact) mass is 459 g/mol. The van der Waals surface area contributed by atoms with Crippen LogP contribution in [0.2, 0.25) is 0 Å². The first kappa shape index (κ1) is 19.5. The molecule has 36 heavy (non-hydrogen) atoms. The van der Waals surface area contributed by atoms with E-state index in [0.29, 0.717) is 0 Å². The van der Waals surface area contributed by atoms with Gasteiger partial charge in [0, 0.05) is 32.6 Å². The van der Waals surface area contributed by atoms with Crippen LogP contribution in [0, 0.1) is 0 Å². The highest BCUT2D eigenvalue weighted by Crippen LogP contribution is 2.42. The van der Waals surface area contributed by atoms with Crippen LogP contribution in [0.3, 0.4) is 0 Å². The summed E-state index contributed by atoms with van der Waals surface area (Å²) in [7, 11) is 0. The molecule has 0 saturated heterocycles. The summed E-state index contributed by atoms with van der Waals surface area (Å²) in [5, 5.41) is 7.31. The van der Waals surface area contributed by atoms with Gasteiger partial charge in [0.15, 0.2) is 0 Å². The van der Waals surface area contributed by atoms with Crippen LogP contribution in [0.4, 0.5) is 0 Å². The average molecular weight is 460 g/mol. The molecule has 0 unspecified atom stereocenters. The summed E-state index contributed by atoms with van der Waals surface area (Å²) in [5.41, 5.74) is 9.06. The molecular formula is C34H21NO. The lowest BCUT2D eigenvalue weighted by atomic mass is 9.90. The van der Waals surface area contributed by atoms with Crippen molar-refractivity contribution in [1.29, 1.82) is 0 Å². The van der Waals surface area contributed by atoms with Crippen molar-refractivity contribution >= 4 is 54.5 Å². The minimum absolute atomic E-state index is 0.921. The molecule has 0 radical (unpaired) electrons. The smallest absolute Gasteiger partial charge is 0.136 e. The number of aromatic nitrogens is 1. The lowest BCUT2D eigenvalue weighted by Gasteiger charge is -2.13. The van der Waals surface area contributed by atoms with E-state index in [4.69, 9.17) is 4.42 Å². The second-order valence-corrected chi connectivity index (χ2v) is 9.38. The maximum Gasteiger partial charge on any atom is 0.136 e. The summed E-state index contributed by atoms with van der Waals surface area (Å²) in [6.07, 6.45) is 0. The summed E-state index contributed by atoms with van der Waals surface area (Å²) >= 11 is 0. The molecule has 0 aliphatic rings. The van der Waals surface area contributed by atoms with Crippen molar-refractivity contribution < 1.29 is 4.42 Å². The third-order valence-corrected chi connectivity index (χ3v) is 7.45. The molecule has 0 amide bonds. The van der Waals surface area contributed by atoms with Crippen LogP contribution in [0.15, 0.2) is 126 Å².